The monoisotopic (exact) mass is 349 g/mol. The van der Waals surface area contributed by atoms with E-state index in [0.29, 0.717) is 5.69 Å². The van der Waals surface area contributed by atoms with Crippen LogP contribution in [0.1, 0.15) is 35.3 Å². The highest BCUT2D eigenvalue weighted by atomic mass is 19.4. The molecule has 0 saturated carbocycles. The fourth-order valence-corrected chi connectivity index (χ4v) is 2.91. The smallest absolute Gasteiger partial charge is 0.370 e. The minimum Gasteiger partial charge on any atom is -0.370 e. The van der Waals surface area contributed by atoms with Gasteiger partial charge in [-0.05, 0) is 43.5 Å². The summed E-state index contributed by atoms with van der Waals surface area (Å²) in [6.07, 6.45) is -0.175. The van der Waals surface area contributed by atoms with Gasteiger partial charge in [0.1, 0.15) is 5.69 Å². The highest BCUT2D eigenvalue weighted by Gasteiger charge is 2.31. The Morgan fingerprint density at radius 2 is 1.80 bits per heavy atom. The quantitative estimate of drug-likeness (QED) is 0.896. The fourth-order valence-electron chi connectivity index (χ4n) is 2.91. The zero-order valence-electron chi connectivity index (χ0n) is 13.5. The van der Waals surface area contributed by atoms with Crippen molar-refractivity contribution in [1.82, 2.24) is 4.98 Å². The molecule has 2 aromatic rings. The first kappa shape index (κ1) is 17.3. The number of benzene rings is 1. The number of hydrogen-bond acceptors (Lipinski definition) is 3. The fraction of sp³-hybridized carbons (Fsp3) is 0.333. The van der Waals surface area contributed by atoms with Gasteiger partial charge >= 0.3 is 6.18 Å². The zero-order valence-corrected chi connectivity index (χ0v) is 13.5. The molecule has 0 bridgehead atoms. The van der Waals surface area contributed by atoms with E-state index in [1.807, 2.05) is 12.1 Å². The summed E-state index contributed by atoms with van der Waals surface area (Å²) in [5.74, 6) is -0.657. The van der Waals surface area contributed by atoms with Crippen LogP contribution in [-0.2, 0) is 6.18 Å². The number of nitrogens with zero attached hydrogens (tertiary/aromatic N) is 2. The number of para-hydroxylation sites is 2. The van der Waals surface area contributed by atoms with Crippen LogP contribution in [0.2, 0.25) is 0 Å². The van der Waals surface area contributed by atoms with E-state index in [0.717, 1.165) is 49.9 Å². The van der Waals surface area contributed by atoms with Gasteiger partial charge in [0.2, 0.25) is 0 Å². The number of aromatic nitrogens is 1. The third-order valence-corrected chi connectivity index (χ3v) is 4.17. The first-order chi connectivity index (χ1) is 11.9. The Balaban J connectivity index is 1.82. The maximum Gasteiger partial charge on any atom is 0.416 e. The number of pyridine rings is 1. The maximum absolute atomic E-state index is 12.8. The van der Waals surface area contributed by atoms with Gasteiger partial charge in [0.15, 0.2) is 0 Å². The largest absolute Gasteiger partial charge is 0.416 e. The molecule has 1 N–H and O–H groups in total. The van der Waals surface area contributed by atoms with Crippen molar-refractivity contribution in [2.75, 3.05) is 23.3 Å². The average Bonchev–Trinajstić information content (AvgIpc) is 2.62. The summed E-state index contributed by atoms with van der Waals surface area (Å²) in [5.41, 5.74) is 0.302. The Morgan fingerprint density at radius 3 is 2.52 bits per heavy atom. The number of amides is 1. The summed E-state index contributed by atoms with van der Waals surface area (Å²) in [6, 6.07) is 8.91. The van der Waals surface area contributed by atoms with Crippen molar-refractivity contribution in [2.45, 2.75) is 25.4 Å². The van der Waals surface area contributed by atoms with Gasteiger partial charge in [-0.3, -0.25) is 9.78 Å². The van der Waals surface area contributed by atoms with E-state index in [2.05, 4.69) is 15.2 Å². The number of carbonyl (C=O) groups excluding carboxylic acids is 1. The molecule has 4 nitrogen and oxygen atoms in total. The molecule has 2 heterocycles. The van der Waals surface area contributed by atoms with Crippen LogP contribution < -0.4 is 10.2 Å². The molecule has 25 heavy (non-hydrogen) atoms. The Kier molecular flexibility index (Phi) is 4.92. The lowest BCUT2D eigenvalue weighted by Gasteiger charge is -2.30. The first-order valence-electron chi connectivity index (χ1n) is 8.14. The summed E-state index contributed by atoms with van der Waals surface area (Å²) in [6.45, 7) is 1.80. The predicted molar refractivity (Wildman–Crippen MR) is 89.7 cm³/mol. The number of hydrogen-bond donors (Lipinski definition) is 1. The Bertz CT molecular complexity index is 755. The van der Waals surface area contributed by atoms with Crippen LogP contribution in [0.3, 0.4) is 0 Å². The van der Waals surface area contributed by atoms with E-state index < -0.39 is 17.6 Å². The molecular formula is C18H18F3N3O. The molecule has 3 rings (SSSR count). The standard InChI is InChI=1S/C18H18F3N3O/c19-18(20,21)13-8-9-22-15(12-13)17(25)23-14-6-2-3-7-16(14)24-10-4-1-5-11-24/h2-3,6-9,12H,1,4-5,10-11H2,(H,23,25). The maximum atomic E-state index is 12.8. The van der Waals surface area contributed by atoms with Crippen molar-refractivity contribution < 1.29 is 18.0 Å². The van der Waals surface area contributed by atoms with E-state index in [1.165, 1.54) is 6.42 Å². The molecular weight excluding hydrogens is 331 g/mol. The van der Waals surface area contributed by atoms with Crippen LogP contribution in [0.5, 0.6) is 0 Å². The number of rotatable bonds is 3. The van der Waals surface area contributed by atoms with Crippen LogP contribution in [0.15, 0.2) is 42.6 Å². The van der Waals surface area contributed by atoms with Crippen LogP contribution in [0.25, 0.3) is 0 Å². The van der Waals surface area contributed by atoms with Crippen molar-refractivity contribution in [3.63, 3.8) is 0 Å². The molecule has 0 radical (unpaired) electrons. The summed E-state index contributed by atoms with van der Waals surface area (Å²) in [5, 5.41) is 2.69. The van der Waals surface area contributed by atoms with Crippen LogP contribution in [-0.4, -0.2) is 24.0 Å². The summed E-state index contributed by atoms with van der Waals surface area (Å²) >= 11 is 0. The third-order valence-electron chi connectivity index (χ3n) is 4.17. The second kappa shape index (κ2) is 7.13. The van der Waals surface area contributed by atoms with E-state index in [4.69, 9.17) is 0 Å². The molecule has 1 saturated heterocycles. The van der Waals surface area contributed by atoms with Crippen molar-refractivity contribution in [1.29, 1.82) is 0 Å². The molecule has 132 valence electrons. The molecule has 1 aliphatic rings. The summed E-state index contributed by atoms with van der Waals surface area (Å²) in [7, 11) is 0. The van der Waals surface area contributed by atoms with Crippen LogP contribution in [0, 0.1) is 0 Å². The number of piperidine rings is 1. The number of alkyl halides is 3. The van der Waals surface area contributed by atoms with Gasteiger partial charge in [0.25, 0.3) is 5.91 Å². The van der Waals surface area contributed by atoms with Gasteiger partial charge < -0.3 is 10.2 Å². The van der Waals surface area contributed by atoms with Crippen LogP contribution >= 0.6 is 0 Å². The van der Waals surface area contributed by atoms with Gasteiger partial charge in [-0.2, -0.15) is 13.2 Å². The minimum atomic E-state index is -4.51. The molecule has 1 aromatic carbocycles. The average molecular weight is 349 g/mol. The number of carbonyl (C=O) groups is 1. The number of anilines is 2. The normalized spacial score (nSPS) is 15.1. The Labute approximate surface area is 143 Å². The van der Waals surface area contributed by atoms with Crippen molar-refractivity contribution in [3.8, 4) is 0 Å². The van der Waals surface area contributed by atoms with E-state index in [9.17, 15) is 18.0 Å². The highest BCUT2D eigenvalue weighted by Crippen LogP contribution is 2.30. The van der Waals surface area contributed by atoms with Crippen molar-refractivity contribution >= 4 is 17.3 Å². The van der Waals surface area contributed by atoms with E-state index >= 15 is 0 Å². The second-order valence-corrected chi connectivity index (χ2v) is 5.95. The van der Waals surface area contributed by atoms with Gasteiger partial charge in [0.05, 0.1) is 16.9 Å². The van der Waals surface area contributed by atoms with E-state index in [-0.39, 0.29) is 5.69 Å². The highest BCUT2D eigenvalue weighted by molar-refractivity contribution is 6.04. The van der Waals surface area contributed by atoms with E-state index in [1.54, 1.807) is 12.1 Å². The molecule has 7 heteroatoms. The lowest BCUT2D eigenvalue weighted by atomic mass is 10.1. The minimum absolute atomic E-state index is 0.261. The van der Waals surface area contributed by atoms with Gasteiger partial charge in [0, 0.05) is 19.3 Å². The molecule has 1 aromatic heterocycles. The third kappa shape index (κ3) is 4.10. The number of nitrogens with one attached hydrogen (secondary N) is 1. The molecule has 0 aliphatic carbocycles. The second-order valence-electron chi connectivity index (χ2n) is 5.95. The molecule has 1 aliphatic heterocycles. The topological polar surface area (TPSA) is 45.2 Å². The van der Waals surface area contributed by atoms with Gasteiger partial charge in [-0.25, -0.2) is 0 Å². The molecule has 0 spiro atoms. The lowest BCUT2D eigenvalue weighted by molar-refractivity contribution is -0.137. The molecule has 0 unspecified atom stereocenters. The molecule has 0 atom stereocenters. The number of halogens is 3. The molecule has 1 amide bonds. The first-order valence-corrected chi connectivity index (χ1v) is 8.14. The summed E-state index contributed by atoms with van der Waals surface area (Å²) in [4.78, 5) is 18.3. The zero-order chi connectivity index (χ0) is 17.9. The Hall–Kier alpha value is -2.57. The van der Waals surface area contributed by atoms with Gasteiger partial charge in [-0.15, -0.1) is 0 Å². The van der Waals surface area contributed by atoms with Crippen molar-refractivity contribution in [2.24, 2.45) is 0 Å². The van der Waals surface area contributed by atoms with Crippen LogP contribution in [0.4, 0.5) is 24.5 Å². The van der Waals surface area contributed by atoms with Crippen molar-refractivity contribution in [3.05, 3.63) is 53.9 Å². The lowest BCUT2D eigenvalue weighted by Crippen LogP contribution is -2.30. The molecule has 1 fully saturated rings. The van der Waals surface area contributed by atoms with Gasteiger partial charge in [-0.1, -0.05) is 12.1 Å². The Morgan fingerprint density at radius 1 is 1.08 bits per heavy atom. The predicted octanol–water partition coefficient (Wildman–Crippen LogP) is 4.34. The summed E-state index contributed by atoms with van der Waals surface area (Å²) < 4.78 is 38.4. The SMILES string of the molecule is O=C(Nc1ccccc1N1CCCCC1)c1cc(C(F)(F)F)ccn1.